The number of aryl methyl sites for hydroxylation is 1. The number of aromatic nitrogens is 1. The van der Waals surface area contributed by atoms with E-state index in [0.717, 1.165) is 11.3 Å². The number of amides is 1. The van der Waals surface area contributed by atoms with Crippen LogP contribution in [0, 0.1) is 6.92 Å². The quantitative estimate of drug-likeness (QED) is 0.540. The second kappa shape index (κ2) is 8.90. The Bertz CT molecular complexity index is 1180. The number of hydrogen-bond acceptors (Lipinski definition) is 7. The molecule has 0 unspecified atom stereocenters. The highest BCUT2D eigenvalue weighted by Gasteiger charge is 2.21. The van der Waals surface area contributed by atoms with Crippen molar-refractivity contribution in [3.8, 4) is 11.5 Å². The summed E-state index contributed by atoms with van der Waals surface area (Å²) in [4.78, 5) is 17.2. The smallest absolute Gasteiger partial charge is 0.267 e. The van der Waals surface area contributed by atoms with Gasteiger partial charge in [0.25, 0.3) is 15.9 Å². The molecule has 3 aromatic rings. The molecule has 0 saturated heterocycles. The lowest BCUT2D eigenvalue weighted by Gasteiger charge is -2.10. The van der Waals surface area contributed by atoms with Crippen molar-refractivity contribution in [2.75, 3.05) is 24.3 Å². The van der Waals surface area contributed by atoms with E-state index in [1.807, 2.05) is 0 Å². The van der Waals surface area contributed by atoms with Crippen LogP contribution in [-0.2, 0) is 10.0 Å². The summed E-state index contributed by atoms with van der Waals surface area (Å²) < 4.78 is 37.8. The number of rotatable bonds is 7. The molecule has 0 saturated carbocycles. The van der Waals surface area contributed by atoms with E-state index in [2.05, 4.69) is 15.0 Å². The number of methoxy groups -OCH3 is 2. The van der Waals surface area contributed by atoms with Gasteiger partial charge in [0.05, 0.1) is 30.5 Å². The van der Waals surface area contributed by atoms with Gasteiger partial charge in [0.15, 0.2) is 5.13 Å². The lowest BCUT2D eigenvalue weighted by molar-refractivity contribution is 0.102. The molecule has 1 heterocycles. The first kappa shape index (κ1) is 21.9. The van der Waals surface area contributed by atoms with E-state index in [4.69, 9.17) is 21.1 Å². The predicted octanol–water partition coefficient (Wildman–Crippen LogP) is 4.18. The molecule has 8 nitrogen and oxygen atoms in total. The van der Waals surface area contributed by atoms with E-state index in [0.29, 0.717) is 27.9 Å². The fraction of sp³-hybridized carbons (Fsp3) is 0.158. The lowest BCUT2D eigenvalue weighted by Crippen LogP contribution is -2.12. The van der Waals surface area contributed by atoms with Crippen LogP contribution in [0.3, 0.4) is 0 Å². The van der Waals surface area contributed by atoms with Crippen molar-refractivity contribution in [1.29, 1.82) is 0 Å². The minimum absolute atomic E-state index is 0.0471. The van der Waals surface area contributed by atoms with Crippen molar-refractivity contribution in [2.45, 2.75) is 11.8 Å². The molecule has 2 N–H and O–H groups in total. The van der Waals surface area contributed by atoms with Gasteiger partial charge in [0.1, 0.15) is 16.4 Å². The molecule has 0 radical (unpaired) electrons. The number of carbonyl (C=O) groups excluding carboxylic acids is 1. The average molecular weight is 468 g/mol. The Hall–Kier alpha value is -2.82. The van der Waals surface area contributed by atoms with Crippen LogP contribution in [0.25, 0.3) is 0 Å². The minimum atomic E-state index is -3.87. The fourth-order valence-corrected chi connectivity index (χ4v) is 4.81. The average Bonchev–Trinajstić information content (AvgIpc) is 3.07. The molecule has 2 aromatic carbocycles. The van der Waals surface area contributed by atoms with Crippen molar-refractivity contribution in [1.82, 2.24) is 4.98 Å². The number of halogens is 1. The third kappa shape index (κ3) is 4.84. The summed E-state index contributed by atoms with van der Waals surface area (Å²) >= 11 is 6.91. The topological polar surface area (TPSA) is 107 Å². The monoisotopic (exact) mass is 467 g/mol. The summed E-state index contributed by atoms with van der Waals surface area (Å²) in [6, 6.07) is 10.7. The van der Waals surface area contributed by atoms with Crippen LogP contribution in [0.1, 0.15) is 15.4 Å². The van der Waals surface area contributed by atoms with Crippen LogP contribution in [0.2, 0.25) is 5.02 Å². The maximum atomic E-state index is 12.7. The van der Waals surface area contributed by atoms with Crippen molar-refractivity contribution in [3.05, 3.63) is 58.1 Å². The zero-order valence-corrected chi connectivity index (χ0v) is 18.6. The number of hydrogen-bond donors (Lipinski definition) is 2. The summed E-state index contributed by atoms with van der Waals surface area (Å²) in [5.41, 5.74) is 0.772. The van der Waals surface area contributed by atoms with Gasteiger partial charge in [-0.1, -0.05) is 22.9 Å². The first-order valence-corrected chi connectivity index (χ1v) is 11.2. The molecule has 3 rings (SSSR count). The number of sulfonamides is 1. The van der Waals surface area contributed by atoms with Gasteiger partial charge >= 0.3 is 0 Å². The molecule has 0 aliphatic heterocycles. The lowest BCUT2D eigenvalue weighted by atomic mass is 10.2. The molecule has 0 bridgehead atoms. The maximum absolute atomic E-state index is 12.7. The number of thiazole rings is 1. The van der Waals surface area contributed by atoms with Crippen LogP contribution in [0.5, 0.6) is 11.5 Å². The fourth-order valence-electron chi connectivity index (χ4n) is 2.54. The number of nitrogens with one attached hydrogen (secondary N) is 2. The summed E-state index contributed by atoms with van der Waals surface area (Å²) in [6.45, 7) is 1.62. The molecule has 1 aromatic heterocycles. The first-order chi connectivity index (χ1) is 14.2. The number of benzene rings is 2. The molecule has 0 fully saturated rings. The van der Waals surface area contributed by atoms with Crippen molar-refractivity contribution >= 4 is 49.7 Å². The molecule has 158 valence electrons. The van der Waals surface area contributed by atoms with Crippen LogP contribution in [0.15, 0.2) is 47.4 Å². The van der Waals surface area contributed by atoms with Gasteiger partial charge in [-0.05, 0) is 49.4 Å². The molecule has 0 spiro atoms. The van der Waals surface area contributed by atoms with Crippen LogP contribution < -0.4 is 19.5 Å². The molecule has 0 aliphatic rings. The highest BCUT2D eigenvalue weighted by Crippen LogP contribution is 2.30. The van der Waals surface area contributed by atoms with Crippen LogP contribution in [0.4, 0.5) is 10.8 Å². The van der Waals surface area contributed by atoms with Crippen LogP contribution >= 0.6 is 22.9 Å². The Morgan fingerprint density at radius 2 is 1.80 bits per heavy atom. The number of anilines is 2. The SMILES string of the molecule is COc1ccc(S(=O)(=O)Nc2nc(C)c(C(=O)Nc3cc(Cl)ccc3OC)s2)cc1. The van der Waals surface area contributed by atoms with E-state index in [1.54, 1.807) is 37.3 Å². The van der Waals surface area contributed by atoms with Gasteiger partial charge in [-0.15, -0.1) is 0 Å². The highest BCUT2D eigenvalue weighted by molar-refractivity contribution is 7.93. The van der Waals surface area contributed by atoms with Gasteiger partial charge in [0.2, 0.25) is 0 Å². The molecule has 0 atom stereocenters. The zero-order valence-electron chi connectivity index (χ0n) is 16.2. The second-order valence-electron chi connectivity index (χ2n) is 6.01. The second-order valence-corrected chi connectivity index (χ2v) is 9.13. The third-order valence-corrected chi connectivity index (χ3v) is 6.79. The molecule has 11 heteroatoms. The summed E-state index contributed by atoms with van der Waals surface area (Å²) in [5, 5.41) is 3.22. The van der Waals surface area contributed by atoms with E-state index in [1.165, 1.54) is 26.4 Å². The Balaban J connectivity index is 1.81. The van der Waals surface area contributed by atoms with Gasteiger partial charge in [0, 0.05) is 5.02 Å². The Morgan fingerprint density at radius 1 is 1.10 bits per heavy atom. The Morgan fingerprint density at radius 3 is 2.43 bits per heavy atom. The van der Waals surface area contributed by atoms with Crippen molar-refractivity contribution < 1.29 is 22.7 Å². The summed E-state index contributed by atoms with van der Waals surface area (Å²) in [5.74, 6) is 0.519. The molecular formula is C19H18ClN3O5S2. The zero-order chi connectivity index (χ0) is 21.9. The molecule has 0 aliphatic carbocycles. The van der Waals surface area contributed by atoms with E-state index in [9.17, 15) is 13.2 Å². The number of ether oxygens (including phenoxy) is 2. The predicted molar refractivity (Wildman–Crippen MR) is 117 cm³/mol. The van der Waals surface area contributed by atoms with Gasteiger partial charge < -0.3 is 14.8 Å². The minimum Gasteiger partial charge on any atom is -0.497 e. The largest absolute Gasteiger partial charge is 0.497 e. The van der Waals surface area contributed by atoms with E-state index in [-0.39, 0.29) is 14.9 Å². The van der Waals surface area contributed by atoms with Crippen molar-refractivity contribution in [2.24, 2.45) is 0 Å². The molecule has 1 amide bonds. The standard InChI is InChI=1S/C19H18ClN3O5S2/c1-11-17(18(24)22-15-10-12(20)4-9-16(15)28-3)29-19(21-11)23-30(25,26)14-7-5-13(27-2)6-8-14/h4-10H,1-3H3,(H,21,23)(H,22,24). The normalized spacial score (nSPS) is 11.1. The van der Waals surface area contributed by atoms with E-state index < -0.39 is 15.9 Å². The Labute approximate surface area is 182 Å². The summed E-state index contributed by atoms with van der Waals surface area (Å²) in [6.07, 6.45) is 0. The Kier molecular flexibility index (Phi) is 6.49. The number of nitrogens with zero attached hydrogens (tertiary/aromatic N) is 1. The van der Waals surface area contributed by atoms with Gasteiger partial charge in [-0.3, -0.25) is 9.52 Å². The maximum Gasteiger partial charge on any atom is 0.267 e. The third-order valence-electron chi connectivity index (χ3n) is 4.00. The van der Waals surface area contributed by atoms with Crippen LogP contribution in [-0.4, -0.2) is 33.5 Å². The molecule has 30 heavy (non-hydrogen) atoms. The van der Waals surface area contributed by atoms with Gasteiger partial charge in [-0.25, -0.2) is 13.4 Å². The van der Waals surface area contributed by atoms with Gasteiger partial charge in [-0.2, -0.15) is 0 Å². The number of carbonyl (C=O) groups is 1. The van der Waals surface area contributed by atoms with E-state index >= 15 is 0 Å². The molecular weight excluding hydrogens is 450 g/mol. The first-order valence-electron chi connectivity index (χ1n) is 8.52. The van der Waals surface area contributed by atoms with Crippen molar-refractivity contribution in [3.63, 3.8) is 0 Å². The highest BCUT2D eigenvalue weighted by atomic mass is 35.5. The summed E-state index contributed by atoms with van der Waals surface area (Å²) in [7, 11) is -0.903.